The Labute approximate surface area is 83.7 Å². The molecule has 1 atom stereocenters. The molecule has 0 fully saturated rings. The van der Waals surface area contributed by atoms with Crippen LogP contribution in [0.5, 0.6) is 0 Å². The van der Waals surface area contributed by atoms with Gasteiger partial charge in [0, 0.05) is 5.02 Å². The molecule has 72 valence electrons. The van der Waals surface area contributed by atoms with Gasteiger partial charge < -0.3 is 0 Å². The molecule has 0 bridgehead atoms. The molecule has 2 heteroatoms. The van der Waals surface area contributed by atoms with E-state index in [1.54, 1.807) is 12.1 Å². The third-order valence-electron chi connectivity index (χ3n) is 2.45. The van der Waals surface area contributed by atoms with E-state index in [0.29, 0.717) is 10.9 Å². The lowest BCUT2D eigenvalue weighted by molar-refractivity contribution is 0.501. The van der Waals surface area contributed by atoms with Gasteiger partial charge in [-0.15, -0.1) is 0 Å². The van der Waals surface area contributed by atoms with Crippen LogP contribution in [0.4, 0.5) is 4.39 Å². The first-order valence-electron chi connectivity index (χ1n) is 4.47. The minimum absolute atomic E-state index is 0.200. The average Bonchev–Trinajstić information content (AvgIpc) is 2.03. The first-order chi connectivity index (χ1) is 6.02. The zero-order valence-corrected chi connectivity index (χ0v) is 8.90. The first-order valence-corrected chi connectivity index (χ1v) is 4.85. The zero-order chi connectivity index (χ0) is 10.0. The maximum Gasteiger partial charge on any atom is 0.128 e. The molecule has 0 nitrogen and oxygen atoms in total. The number of halogens is 2. The van der Waals surface area contributed by atoms with Gasteiger partial charge in [0.25, 0.3) is 0 Å². The number of hydrogen-bond donors (Lipinski definition) is 0. The van der Waals surface area contributed by atoms with Crippen molar-refractivity contribution >= 4 is 11.6 Å². The summed E-state index contributed by atoms with van der Waals surface area (Å²) in [6.45, 7) is 6.19. The van der Waals surface area contributed by atoms with E-state index >= 15 is 0 Å². The third-order valence-corrected chi connectivity index (χ3v) is 2.69. The van der Waals surface area contributed by atoms with Gasteiger partial charge in [0.05, 0.1) is 0 Å². The Balaban J connectivity index is 3.01. The Hall–Kier alpha value is -0.560. The van der Waals surface area contributed by atoms with Crippen LogP contribution in [0.2, 0.25) is 5.02 Å². The van der Waals surface area contributed by atoms with Crippen molar-refractivity contribution in [1.82, 2.24) is 0 Å². The molecule has 1 rings (SSSR count). The summed E-state index contributed by atoms with van der Waals surface area (Å²) in [5.41, 5.74) is 0.749. The van der Waals surface area contributed by atoms with Crippen molar-refractivity contribution in [3.8, 4) is 0 Å². The zero-order valence-electron chi connectivity index (χ0n) is 8.14. The van der Waals surface area contributed by atoms with Gasteiger partial charge in [0.1, 0.15) is 5.82 Å². The van der Waals surface area contributed by atoms with E-state index < -0.39 is 0 Å². The summed E-state index contributed by atoms with van der Waals surface area (Å²) in [6, 6.07) is 4.87. The SMILES string of the molecule is CC(C)C(C)c1ccc(Cl)cc1F. The predicted octanol–water partition coefficient (Wildman–Crippen LogP) is 4.24. The molecule has 0 saturated heterocycles. The predicted molar refractivity (Wildman–Crippen MR) is 54.7 cm³/mol. The lowest BCUT2D eigenvalue weighted by atomic mass is 9.90. The summed E-state index contributed by atoms with van der Waals surface area (Å²) in [7, 11) is 0. The topological polar surface area (TPSA) is 0 Å². The number of benzene rings is 1. The van der Waals surface area contributed by atoms with Gasteiger partial charge in [-0.1, -0.05) is 38.4 Å². The Kier molecular flexibility index (Phi) is 3.32. The Morgan fingerprint density at radius 3 is 2.31 bits per heavy atom. The van der Waals surface area contributed by atoms with Crippen LogP contribution in [-0.2, 0) is 0 Å². The van der Waals surface area contributed by atoms with Crippen LogP contribution >= 0.6 is 11.6 Å². The van der Waals surface area contributed by atoms with Crippen LogP contribution in [0.3, 0.4) is 0 Å². The van der Waals surface area contributed by atoms with Crippen LogP contribution in [0.25, 0.3) is 0 Å². The average molecular weight is 201 g/mol. The molecule has 1 unspecified atom stereocenters. The van der Waals surface area contributed by atoms with Crippen LogP contribution < -0.4 is 0 Å². The van der Waals surface area contributed by atoms with Gasteiger partial charge in [0.15, 0.2) is 0 Å². The highest BCUT2D eigenvalue weighted by Crippen LogP contribution is 2.27. The smallest absolute Gasteiger partial charge is 0.128 e. The summed E-state index contributed by atoms with van der Waals surface area (Å²) in [5, 5.41) is 0.456. The van der Waals surface area contributed by atoms with Gasteiger partial charge in [-0.3, -0.25) is 0 Å². The van der Waals surface area contributed by atoms with E-state index in [2.05, 4.69) is 13.8 Å². The van der Waals surface area contributed by atoms with Crippen LogP contribution in [-0.4, -0.2) is 0 Å². The summed E-state index contributed by atoms with van der Waals surface area (Å²) >= 11 is 5.66. The molecule has 1 aromatic rings. The van der Waals surface area contributed by atoms with Crippen LogP contribution in [0.15, 0.2) is 18.2 Å². The second-order valence-electron chi connectivity index (χ2n) is 3.70. The van der Waals surface area contributed by atoms with Crippen molar-refractivity contribution in [2.45, 2.75) is 26.7 Å². The largest absolute Gasteiger partial charge is 0.207 e. The minimum atomic E-state index is -0.200. The molecule has 0 aliphatic carbocycles. The van der Waals surface area contributed by atoms with Crippen molar-refractivity contribution in [3.63, 3.8) is 0 Å². The number of rotatable bonds is 2. The van der Waals surface area contributed by atoms with Crippen molar-refractivity contribution < 1.29 is 4.39 Å². The van der Waals surface area contributed by atoms with Crippen LogP contribution in [0, 0.1) is 11.7 Å². The van der Waals surface area contributed by atoms with E-state index in [-0.39, 0.29) is 11.7 Å². The van der Waals surface area contributed by atoms with Crippen LogP contribution in [0.1, 0.15) is 32.3 Å². The second-order valence-corrected chi connectivity index (χ2v) is 4.13. The molecule has 0 aliphatic rings. The molecule has 0 radical (unpaired) electrons. The molecule has 0 amide bonds. The highest BCUT2D eigenvalue weighted by Gasteiger charge is 2.14. The fourth-order valence-electron chi connectivity index (χ4n) is 1.23. The summed E-state index contributed by atoms with van der Waals surface area (Å²) in [4.78, 5) is 0. The molecular weight excluding hydrogens is 187 g/mol. The van der Waals surface area contributed by atoms with Gasteiger partial charge in [-0.25, -0.2) is 4.39 Å². The van der Waals surface area contributed by atoms with Gasteiger partial charge >= 0.3 is 0 Å². The Morgan fingerprint density at radius 1 is 1.23 bits per heavy atom. The monoisotopic (exact) mass is 200 g/mol. The molecule has 0 N–H and O–H groups in total. The van der Waals surface area contributed by atoms with Crippen molar-refractivity contribution in [2.24, 2.45) is 5.92 Å². The third kappa shape index (κ3) is 2.44. The minimum Gasteiger partial charge on any atom is -0.207 e. The molecule has 0 aliphatic heterocycles. The summed E-state index contributed by atoms with van der Waals surface area (Å²) < 4.78 is 13.4. The summed E-state index contributed by atoms with van der Waals surface area (Å²) in [5.74, 6) is 0.474. The molecule has 0 spiro atoms. The molecule has 0 aromatic heterocycles. The molecular formula is C11H14ClF. The summed E-state index contributed by atoms with van der Waals surface area (Å²) in [6.07, 6.45) is 0. The lowest BCUT2D eigenvalue weighted by Gasteiger charge is -2.16. The fraction of sp³-hybridized carbons (Fsp3) is 0.455. The van der Waals surface area contributed by atoms with E-state index in [9.17, 15) is 4.39 Å². The molecule has 0 saturated carbocycles. The van der Waals surface area contributed by atoms with E-state index in [1.165, 1.54) is 6.07 Å². The van der Waals surface area contributed by atoms with E-state index in [0.717, 1.165) is 5.56 Å². The van der Waals surface area contributed by atoms with E-state index in [4.69, 9.17) is 11.6 Å². The highest BCUT2D eigenvalue weighted by molar-refractivity contribution is 6.30. The first kappa shape index (κ1) is 10.5. The lowest BCUT2D eigenvalue weighted by Crippen LogP contribution is -2.04. The van der Waals surface area contributed by atoms with Crippen molar-refractivity contribution in [1.29, 1.82) is 0 Å². The molecule has 0 heterocycles. The van der Waals surface area contributed by atoms with Gasteiger partial charge in [0.2, 0.25) is 0 Å². The van der Waals surface area contributed by atoms with Gasteiger partial charge in [-0.05, 0) is 29.5 Å². The van der Waals surface area contributed by atoms with E-state index in [1.807, 2.05) is 6.92 Å². The quantitative estimate of drug-likeness (QED) is 0.670. The Bertz CT molecular complexity index is 294. The van der Waals surface area contributed by atoms with Crippen molar-refractivity contribution in [2.75, 3.05) is 0 Å². The standard InChI is InChI=1S/C11H14ClF/c1-7(2)8(3)10-5-4-9(12)6-11(10)13/h4-8H,1-3H3. The fourth-order valence-corrected chi connectivity index (χ4v) is 1.39. The molecule has 1 aromatic carbocycles. The maximum atomic E-state index is 13.4. The maximum absolute atomic E-state index is 13.4. The normalized spacial score (nSPS) is 13.4. The van der Waals surface area contributed by atoms with Crippen molar-refractivity contribution in [3.05, 3.63) is 34.6 Å². The highest BCUT2D eigenvalue weighted by atomic mass is 35.5. The second kappa shape index (κ2) is 4.10. The number of hydrogen-bond acceptors (Lipinski definition) is 0. The molecule has 13 heavy (non-hydrogen) atoms. The Morgan fingerprint density at radius 2 is 1.85 bits per heavy atom. The van der Waals surface area contributed by atoms with Gasteiger partial charge in [-0.2, -0.15) is 0 Å².